The molecule has 0 heterocycles. The van der Waals surface area contributed by atoms with Crippen molar-refractivity contribution in [1.29, 1.82) is 0 Å². The van der Waals surface area contributed by atoms with Crippen molar-refractivity contribution < 1.29 is 27.4 Å². The fraction of sp³-hybridized carbons (Fsp3) is 0.350. The van der Waals surface area contributed by atoms with Gasteiger partial charge in [0.2, 0.25) is 15.9 Å². The second-order valence-corrected chi connectivity index (χ2v) is 8.44. The number of sulfonamides is 1. The van der Waals surface area contributed by atoms with Gasteiger partial charge in [0.25, 0.3) is 0 Å². The van der Waals surface area contributed by atoms with Crippen LogP contribution in [0.25, 0.3) is 0 Å². The maximum atomic E-state index is 12.6. The molecule has 0 saturated heterocycles. The first-order chi connectivity index (χ1) is 13.8. The van der Waals surface area contributed by atoms with E-state index in [2.05, 4.69) is 5.32 Å². The molecule has 2 rings (SSSR count). The monoisotopic (exact) mass is 422 g/mol. The number of benzene rings is 2. The molecule has 1 unspecified atom stereocenters. The van der Waals surface area contributed by atoms with E-state index in [1.807, 2.05) is 0 Å². The molecule has 0 saturated carbocycles. The Balaban J connectivity index is 1.85. The summed E-state index contributed by atoms with van der Waals surface area (Å²) >= 11 is 0. The summed E-state index contributed by atoms with van der Waals surface area (Å²) in [5, 5.41) is 2.73. The Morgan fingerprint density at radius 1 is 0.966 bits per heavy atom. The first-order valence-corrected chi connectivity index (χ1v) is 10.4. The predicted molar refractivity (Wildman–Crippen MR) is 109 cm³/mol. The fourth-order valence-electron chi connectivity index (χ4n) is 2.47. The minimum Gasteiger partial charge on any atom is -0.497 e. The third-order valence-corrected chi connectivity index (χ3v) is 5.92. The number of carbonyl (C=O) groups is 1. The molecule has 0 radical (unpaired) electrons. The van der Waals surface area contributed by atoms with Crippen LogP contribution in [0.15, 0.2) is 53.4 Å². The van der Waals surface area contributed by atoms with Crippen molar-refractivity contribution in [3.63, 3.8) is 0 Å². The lowest BCUT2D eigenvalue weighted by atomic mass is 10.3. The summed E-state index contributed by atoms with van der Waals surface area (Å²) in [5.41, 5.74) is 0. The van der Waals surface area contributed by atoms with Crippen LogP contribution in [0.2, 0.25) is 0 Å². The van der Waals surface area contributed by atoms with Gasteiger partial charge < -0.3 is 19.5 Å². The molecule has 2 aromatic rings. The van der Waals surface area contributed by atoms with Crippen LogP contribution in [0.4, 0.5) is 0 Å². The number of carbonyl (C=O) groups excluding carboxylic acids is 1. The number of methoxy groups -OCH3 is 2. The van der Waals surface area contributed by atoms with Gasteiger partial charge in [-0.3, -0.25) is 4.79 Å². The highest BCUT2D eigenvalue weighted by atomic mass is 32.2. The number of rotatable bonds is 10. The van der Waals surface area contributed by atoms with Crippen LogP contribution in [-0.4, -0.2) is 59.1 Å². The van der Waals surface area contributed by atoms with E-state index >= 15 is 0 Å². The van der Waals surface area contributed by atoms with Crippen molar-refractivity contribution in [3.8, 4) is 17.2 Å². The molecule has 2 aromatic carbocycles. The molecule has 0 spiro atoms. The predicted octanol–water partition coefficient (Wildman–Crippen LogP) is 1.91. The van der Waals surface area contributed by atoms with Gasteiger partial charge in [0.15, 0.2) is 0 Å². The molecule has 0 aliphatic heterocycles. The fourth-order valence-corrected chi connectivity index (χ4v) is 3.60. The number of likely N-dealkylation sites (N-methyl/N-ethyl adjacent to an activating group) is 1. The second-order valence-electron chi connectivity index (χ2n) is 6.39. The van der Waals surface area contributed by atoms with E-state index in [0.717, 1.165) is 10.1 Å². The first-order valence-electron chi connectivity index (χ1n) is 8.93. The van der Waals surface area contributed by atoms with Gasteiger partial charge in [-0.25, -0.2) is 8.42 Å². The van der Waals surface area contributed by atoms with Crippen LogP contribution in [0.5, 0.6) is 17.2 Å². The van der Waals surface area contributed by atoms with Crippen molar-refractivity contribution in [3.05, 3.63) is 48.5 Å². The second kappa shape index (κ2) is 10.1. The third-order valence-electron chi connectivity index (χ3n) is 4.10. The van der Waals surface area contributed by atoms with Gasteiger partial charge in [-0.2, -0.15) is 4.31 Å². The van der Waals surface area contributed by atoms with Gasteiger partial charge in [0, 0.05) is 7.05 Å². The largest absolute Gasteiger partial charge is 0.497 e. The molecule has 158 valence electrons. The van der Waals surface area contributed by atoms with Crippen molar-refractivity contribution in [2.45, 2.75) is 17.9 Å². The minimum atomic E-state index is -3.78. The smallest absolute Gasteiger partial charge is 0.243 e. The highest BCUT2D eigenvalue weighted by Crippen LogP contribution is 2.19. The Bertz CT molecular complexity index is 898. The lowest BCUT2D eigenvalue weighted by Crippen LogP contribution is -2.43. The minimum absolute atomic E-state index is 0.0875. The quantitative estimate of drug-likeness (QED) is 0.629. The van der Waals surface area contributed by atoms with Gasteiger partial charge in [0.05, 0.1) is 31.7 Å². The zero-order valence-electron chi connectivity index (χ0n) is 16.9. The van der Waals surface area contributed by atoms with E-state index in [9.17, 15) is 13.2 Å². The van der Waals surface area contributed by atoms with Gasteiger partial charge in [-0.15, -0.1) is 0 Å². The van der Waals surface area contributed by atoms with Crippen LogP contribution < -0.4 is 19.5 Å². The maximum absolute atomic E-state index is 12.6. The van der Waals surface area contributed by atoms with Crippen molar-refractivity contribution in [2.75, 3.05) is 34.4 Å². The summed E-state index contributed by atoms with van der Waals surface area (Å²) in [4.78, 5) is 12.3. The standard InChI is InChI=1S/C20H26N2O6S/c1-15(14-28-18-7-5-16(26-3)6-8-18)21-20(23)13-22(2)29(24,25)19-11-9-17(27-4)10-12-19/h5-12,15H,13-14H2,1-4H3,(H,21,23). The van der Waals surface area contributed by atoms with Crippen LogP contribution in [-0.2, 0) is 14.8 Å². The molecule has 1 atom stereocenters. The van der Waals surface area contributed by atoms with Crippen LogP contribution in [0.3, 0.4) is 0 Å². The topological polar surface area (TPSA) is 94.2 Å². The number of ether oxygens (including phenoxy) is 3. The zero-order valence-corrected chi connectivity index (χ0v) is 17.7. The van der Waals surface area contributed by atoms with Crippen LogP contribution >= 0.6 is 0 Å². The number of nitrogens with zero attached hydrogens (tertiary/aromatic N) is 1. The van der Waals surface area contributed by atoms with Gasteiger partial charge in [0.1, 0.15) is 23.9 Å². The van der Waals surface area contributed by atoms with Gasteiger partial charge in [-0.1, -0.05) is 0 Å². The number of hydrogen-bond acceptors (Lipinski definition) is 6. The molecule has 1 amide bonds. The molecule has 8 nitrogen and oxygen atoms in total. The molecule has 1 N–H and O–H groups in total. The summed E-state index contributed by atoms with van der Waals surface area (Å²) in [6.07, 6.45) is 0. The average Bonchev–Trinajstić information content (AvgIpc) is 2.72. The Hall–Kier alpha value is -2.78. The Labute approximate surface area is 171 Å². The van der Waals surface area contributed by atoms with Gasteiger partial charge >= 0.3 is 0 Å². The molecule has 0 bridgehead atoms. The van der Waals surface area contributed by atoms with Crippen molar-refractivity contribution in [1.82, 2.24) is 9.62 Å². The third kappa shape index (κ3) is 6.37. The number of amides is 1. The molecule has 29 heavy (non-hydrogen) atoms. The lowest BCUT2D eigenvalue weighted by molar-refractivity contribution is -0.121. The summed E-state index contributed by atoms with van der Waals surface area (Å²) in [5.74, 6) is 1.50. The summed E-state index contributed by atoms with van der Waals surface area (Å²) in [7, 11) is 0.658. The lowest BCUT2D eigenvalue weighted by Gasteiger charge is -2.19. The summed E-state index contributed by atoms with van der Waals surface area (Å²) in [6.45, 7) is 1.72. The summed E-state index contributed by atoms with van der Waals surface area (Å²) in [6, 6.07) is 12.8. The highest BCUT2D eigenvalue weighted by molar-refractivity contribution is 7.89. The van der Waals surface area contributed by atoms with Crippen LogP contribution in [0, 0.1) is 0 Å². The van der Waals surface area contributed by atoms with E-state index in [-0.39, 0.29) is 24.1 Å². The van der Waals surface area contributed by atoms with Crippen molar-refractivity contribution >= 4 is 15.9 Å². The van der Waals surface area contributed by atoms with E-state index in [1.165, 1.54) is 26.3 Å². The average molecular weight is 423 g/mol. The molecular weight excluding hydrogens is 396 g/mol. The number of hydrogen-bond donors (Lipinski definition) is 1. The Kier molecular flexibility index (Phi) is 7.86. The van der Waals surface area contributed by atoms with Crippen LogP contribution in [0.1, 0.15) is 6.92 Å². The van der Waals surface area contributed by atoms with E-state index in [4.69, 9.17) is 14.2 Å². The first kappa shape index (κ1) is 22.5. The number of nitrogens with one attached hydrogen (secondary N) is 1. The molecule has 0 fully saturated rings. The molecule has 0 aliphatic carbocycles. The highest BCUT2D eigenvalue weighted by Gasteiger charge is 2.23. The molecule has 9 heteroatoms. The van der Waals surface area contributed by atoms with E-state index < -0.39 is 15.9 Å². The molecule has 0 aliphatic rings. The summed E-state index contributed by atoms with van der Waals surface area (Å²) < 4.78 is 41.9. The Morgan fingerprint density at radius 3 is 1.97 bits per heavy atom. The molecule has 0 aromatic heterocycles. The maximum Gasteiger partial charge on any atom is 0.243 e. The normalized spacial score (nSPS) is 12.3. The van der Waals surface area contributed by atoms with E-state index in [0.29, 0.717) is 11.5 Å². The van der Waals surface area contributed by atoms with E-state index in [1.54, 1.807) is 50.4 Å². The Morgan fingerprint density at radius 2 is 1.45 bits per heavy atom. The van der Waals surface area contributed by atoms with Crippen molar-refractivity contribution in [2.24, 2.45) is 0 Å². The van der Waals surface area contributed by atoms with Gasteiger partial charge in [-0.05, 0) is 55.5 Å². The molecular formula is C20H26N2O6S. The zero-order chi connectivity index (χ0) is 21.4. The SMILES string of the molecule is COc1ccc(OCC(C)NC(=O)CN(C)S(=O)(=O)c2ccc(OC)cc2)cc1.